The first-order valence-electron chi connectivity index (χ1n) is 9.70. The van der Waals surface area contributed by atoms with Gasteiger partial charge in [-0.05, 0) is 48.0 Å². The molecule has 1 aromatic heterocycles. The normalized spacial score (nSPS) is 11.8. The molecule has 0 saturated carbocycles. The Balaban J connectivity index is 1.59. The number of nitrogens with two attached hydrogens (primary N) is 1. The van der Waals surface area contributed by atoms with E-state index in [9.17, 15) is 4.79 Å². The Kier molecular flexibility index (Phi) is 6.37. The van der Waals surface area contributed by atoms with Crippen molar-refractivity contribution in [3.63, 3.8) is 0 Å². The topological polar surface area (TPSA) is 72.9 Å². The van der Waals surface area contributed by atoms with Crippen molar-refractivity contribution in [3.05, 3.63) is 106 Å². The van der Waals surface area contributed by atoms with Crippen LogP contribution in [0.4, 0.5) is 0 Å². The molecule has 1 atom stereocenters. The van der Waals surface area contributed by atoms with E-state index in [4.69, 9.17) is 34.0 Å². The van der Waals surface area contributed by atoms with Gasteiger partial charge in [0.25, 0.3) is 0 Å². The van der Waals surface area contributed by atoms with Gasteiger partial charge in [0.2, 0.25) is 5.91 Å². The van der Waals surface area contributed by atoms with Crippen molar-refractivity contribution in [1.29, 1.82) is 0 Å². The molecule has 0 spiro atoms. The fourth-order valence-corrected chi connectivity index (χ4v) is 3.47. The fraction of sp³-hybridized carbons (Fsp3) is 0.0833. The van der Waals surface area contributed by atoms with E-state index in [0.717, 1.165) is 22.5 Å². The number of carbonyl (C=O) groups excluding carboxylic acids is 1. The fourth-order valence-electron chi connectivity index (χ4n) is 3.22. The summed E-state index contributed by atoms with van der Waals surface area (Å²) in [6.07, 6.45) is 0. The molecule has 1 heterocycles. The van der Waals surface area contributed by atoms with E-state index in [0.29, 0.717) is 15.7 Å². The van der Waals surface area contributed by atoms with Gasteiger partial charge in [-0.1, -0.05) is 65.7 Å². The van der Waals surface area contributed by atoms with Gasteiger partial charge in [0.15, 0.2) is 0 Å². The highest BCUT2D eigenvalue weighted by Gasteiger charge is 2.17. The average molecular weight is 451 g/mol. The summed E-state index contributed by atoms with van der Waals surface area (Å²) < 4.78 is 1.82. The molecular formula is C24H20Cl2N4O. The molecule has 0 unspecified atom stereocenters. The summed E-state index contributed by atoms with van der Waals surface area (Å²) in [6.45, 7) is 0.251. The van der Waals surface area contributed by atoms with E-state index in [2.05, 4.69) is 5.32 Å². The van der Waals surface area contributed by atoms with Gasteiger partial charge in [-0.2, -0.15) is 5.10 Å². The molecule has 0 fully saturated rings. The second-order valence-corrected chi connectivity index (χ2v) is 7.90. The lowest BCUT2D eigenvalue weighted by atomic mass is 10.1. The van der Waals surface area contributed by atoms with Crippen molar-refractivity contribution in [2.75, 3.05) is 0 Å². The molecule has 4 aromatic rings. The van der Waals surface area contributed by atoms with Gasteiger partial charge in [-0.3, -0.25) is 4.79 Å². The molecule has 3 aromatic carbocycles. The molecule has 7 heteroatoms. The predicted octanol–water partition coefficient (Wildman–Crippen LogP) is 5.16. The quantitative estimate of drug-likeness (QED) is 0.425. The Bertz CT molecular complexity index is 1110. The number of amides is 1. The van der Waals surface area contributed by atoms with Crippen molar-refractivity contribution in [3.8, 4) is 16.9 Å². The first-order valence-corrected chi connectivity index (χ1v) is 10.5. The summed E-state index contributed by atoms with van der Waals surface area (Å²) in [5.74, 6) is -0.264. The van der Waals surface area contributed by atoms with Gasteiger partial charge in [0.1, 0.15) is 6.04 Å². The summed E-state index contributed by atoms with van der Waals surface area (Å²) >= 11 is 12.1. The van der Waals surface area contributed by atoms with Crippen molar-refractivity contribution in [2.24, 2.45) is 5.73 Å². The molecular weight excluding hydrogens is 431 g/mol. The second-order valence-electron chi connectivity index (χ2n) is 7.02. The lowest BCUT2D eigenvalue weighted by molar-refractivity contribution is -0.122. The minimum absolute atomic E-state index is 0.251. The maximum absolute atomic E-state index is 12.5. The zero-order valence-corrected chi connectivity index (χ0v) is 18.0. The largest absolute Gasteiger partial charge is 0.349 e. The Hall–Kier alpha value is -3.12. The van der Waals surface area contributed by atoms with Crippen molar-refractivity contribution >= 4 is 29.1 Å². The number of carbonyl (C=O) groups is 1. The Morgan fingerprint density at radius 3 is 2.19 bits per heavy atom. The van der Waals surface area contributed by atoms with Crippen LogP contribution >= 0.6 is 23.2 Å². The van der Waals surface area contributed by atoms with Crippen LogP contribution in [-0.2, 0) is 11.3 Å². The van der Waals surface area contributed by atoms with Crippen molar-refractivity contribution in [2.45, 2.75) is 12.6 Å². The lowest BCUT2D eigenvalue weighted by Gasteiger charge is -2.11. The molecule has 0 aliphatic carbocycles. The molecule has 0 saturated heterocycles. The Morgan fingerprint density at radius 1 is 0.935 bits per heavy atom. The van der Waals surface area contributed by atoms with Crippen LogP contribution in [-0.4, -0.2) is 15.7 Å². The molecule has 1 amide bonds. The number of nitrogens with zero attached hydrogens (tertiary/aromatic N) is 2. The zero-order chi connectivity index (χ0) is 21.8. The highest BCUT2D eigenvalue weighted by Crippen LogP contribution is 2.26. The number of halogens is 2. The third-order valence-electron chi connectivity index (χ3n) is 4.86. The van der Waals surface area contributed by atoms with Gasteiger partial charge in [-0.15, -0.1) is 0 Å². The molecule has 0 aliphatic heterocycles. The SMILES string of the molecule is N[C@@H](C(=O)NCc1cc(-c2ccc(Cl)cc2)n(-c2ccc(Cl)cc2)n1)c1ccccc1. The molecule has 0 aliphatic rings. The number of nitrogens with one attached hydrogen (secondary N) is 1. The van der Waals surface area contributed by atoms with E-state index in [1.54, 1.807) is 0 Å². The van der Waals surface area contributed by atoms with Gasteiger partial charge in [0.05, 0.1) is 23.6 Å². The summed E-state index contributed by atoms with van der Waals surface area (Å²) in [5.41, 5.74) is 10.2. The van der Waals surface area contributed by atoms with Crippen LogP contribution in [0.2, 0.25) is 10.0 Å². The maximum atomic E-state index is 12.5. The van der Waals surface area contributed by atoms with Gasteiger partial charge < -0.3 is 11.1 Å². The molecule has 156 valence electrons. The molecule has 5 nitrogen and oxygen atoms in total. The zero-order valence-electron chi connectivity index (χ0n) is 16.5. The van der Waals surface area contributed by atoms with E-state index < -0.39 is 6.04 Å². The van der Waals surface area contributed by atoms with Crippen LogP contribution in [0.3, 0.4) is 0 Å². The standard InChI is InChI=1S/C24H20Cl2N4O/c25-18-8-6-16(7-9-18)22-14-20(29-30(22)21-12-10-19(26)11-13-21)15-28-24(31)23(27)17-4-2-1-3-5-17/h1-14,23H,15,27H2,(H,28,31)/t23-/m1/s1. The summed E-state index contributed by atoms with van der Waals surface area (Å²) in [7, 11) is 0. The molecule has 3 N–H and O–H groups in total. The average Bonchev–Trinajstić information content (AvgIpc) is 3.23. The Labute approximate surface area is 190 Å². The molecule has 0 radical (unpaired) electrons. The number of hydrogen-bond acceptors (Lipinski definition) is 3. The number of aromatic nitrogens is 2. The first-order chi connectivity index (χ1) is 15.0. The van der Waals surface area contributed by atoms with E-state index in [-0.39, 0.29) is 12.5 Å². The summed E-state index contributed by atoms with van der Waals surface area (Å²) in [4.78, 5) is 12.5. The van der Waals surface area contributed by atoms with Crippen LogP contribution in [0, 0.1) is 0 Å². The highest BCUT2D eigenvalue weighted by atomic mass is 35.5. The predicted molar refractivity (Wildman–Crippen MR) is 124 cm³/mol. The van der Waals surface area contributed by atoms with Crippen molar-refractivity contribution in [1.82, 2.24) is 15.1 Å². The molecule has 31 heavy (non-hydrogen) atoms. The third-order valence-corrected chi connectivity index (χ3v) is 5.36. The van der Waals surface area contributed by atoms with Crippen molar-refractivity contribution < 1.29 is 4.79 Å². The minimum Gasteiger partial charge on any atom is -0.349 e. The van der Waals surface area contributed by atoms with Crippen LogP contribution in [0.1, 0.15) is 17.3 Å². The number of hydrogen-bond donors (Lipinski definition) is 2. The summed E-state index contributed by atoms with van der Waals surface area (Å²) in [5, 5.41) is 8.88. The first kappa shape index (κ1) is 21.1. The molecule has 0 bridgehead atoms. The number of rotatable bonds is 6. The number of benzene rings is 3. The van der Waals surface area contributed by atoms with Crippen LogP contribution in [0.25, 0.3) is 16.9 Å². The lowest BCUT2D eigenvalue weighted by Crippen LogP contribution is -2.33. The molecule has 4 rings (SSSR count). The van der Waals surface area contributed by atoms with Crippen LogP contribution in [0.15, 0.2) is 84.9 Å². The van der Waals surface area contributed by atoms with Gasteiger partial charge in [0, 0.05) is 15.6 Å². The smallest absolute Gasteiger partial charge is 0.241 e. The third kappa shape index (κ3) is 4.97. The van der Waals surface area contributed by atoms with Crippen LogP contribution < -0.4 is 11.1 Å². The summed E-state index contributed by atoms with van der Waals surface area (Å²) in [6, 6.07) is 25.4. The van der Waals surface area contributed by atoms with E-state index in [1.807, 2.05) is 89.6 Å². The van der Waals surface area contributed by atoms with Gasteiger partial charge >= 0.3 is 0 Å². The van der Waals surface area contributed by atoms with E-state index in [1.165, 1.54) is 0 Å². The maximum Gasteiger partial charge on any atom is 0.241 e. The minimum atomic E-state index is -0.740. The second kappa shape index (κ2) is 9.35. The Morgan fingerprint density at radius 2 is 1.55 bits per heavy atom. The van der Waals surface area contributed by atoms with Gasteiger partial charge in [-0.25, -0.2) is 4.68 Å². The highest BCUT2D eigenvalue weighted by molar-refractivity contribution is 6.30. The van der Waals surface area contributed by atoms with E-state index >= 15 is 0 Å². The monoisotopic (exact) mass is 450 g/mol. The van der Waals surface area contributed by atoms with Crippen LogP contribution in [0.5, 0.6) is 0 Å².